The van der Waals surface area contributed by atoms with E-state index in [9.17, 15) is 22.0 Å². The van der Waals surface area contributed by atoms with E-state index in [0.717, 1.165) is 17.3 Å². The van der Waals surface area contributed by atoms with Gasteiger partial charge in [0.1, 0.15) is 0 Å². The summed E-state index contributed by atoms with van der Waals surface area (Å²) in [7, 11) is -3.70. The van der Waals surface area contributed by atoms with Crippen molar-refractivity contribution in [3.63, 3.8) is 0 Å². The number of alkyl halides is 2. The van der Waals surface area contributed by atoms with Crippen LogP contribution in [0, 0.1) is 0 Å². The van der Waals surface area contributed by atoms with Gasteiger partial charge in [-0.15, -0.1) is 19.0 Å². The lowest BCUT2D eigenvalue weighted by Gasteiger charge is -2.19. The van der Waals surface area contributed by atoms with Gasteiger partial charge in [-0.05, 0) is 36.2 Å². The molecule has 0 saturated heterocycles. The predicted octanol–water partition coefficient (Wildman–Crippen LogP) is 5.27. The van der Waals surface area contributed by atoms with Gasteiger partial charge in [0.25, 0.3) is 0 Å². The maximum Gasteiger partial charge on any atom is 0.586 e. The number of benzene rings is 3. The smallest absolute Gasteiger partial charge is 0.395 e. The molecule has 5 rings (SSSR count). The molecule has 1 aromatic heterocycles. The van der Waals surface area contributed by atoms with Crippen LogP contribution in [0.3, 0.4) is 0 Å². The van der Waals surface area contributed by atoms with Gasteiger partial charge >= 0.3 is 6.29 Å². The molecule has 1 N–H and O–H groups in total. The van der Waals surface area contributed by atoms with Crippen LogP contribution in [0.5, 0.6) is 11.5 Å². The third-order valence-corrected chi connectivity index (χ3v) is 9.65. The van der Waals surface area contributed by atoms with Crippen molar-refractivity contribution in [3.8, 4) is 22.9 Å². The fourth-order valence-corrected chi connectivity index (χ4v) is 6.83. The first-order valence-electron chi connectivity index (χ1n) is 13.5. The fourth-order valence-electron chi connectivity index (χ4n) is 4.56. The van der Waals surface area contributed by atoms with Crippen LogP contribution in [0.15, 0.2) is 82.8 Å². The summed E-state index contributed by atoms with van der Waals surface area (Å²) >= 11 is 1.15. The molecular weight excluding hydrogens is 600 g/mol. The number of sulfonamides is 1. The lowest BCUT2D eigenvalue weighted by molar-refractivity contribution is -0.286. The summed E-state index contributed by atoms with van der Waals surface area (Å²) < 4.78 is 65.1. The summed E-state index contributed by atoms with van der Waals surface area (Å²) in [6.07, 6.45) is -3.11. The van der Waals surface area contributed by atoms with Gasteiger partial charge in [0, 0.05) is 37.0 Å². The number of amides is 1. The van der Waals surface area contributed by atoms with Gasteiger partial charge in [-0.1, -0.05) is 68.1 Å². The summed E-state index contributed by atoms with van der Waals surface area (Å²) in [4.78, 5) is 12.9. The Balaban J connectivity index is 1.37. The number of nitrogens with zero attached hydrogens (tertiary/aromatic N) is 4. The molecule has 0 spiro atoms. The standard InChI is InChI=1S/C29H29F2N5O5S2/c1-3-35(4-2)43(38,39)23-12-8-11-21(17-23)27-33-34-28(36(27)16-15-20-9-6-5-7-10-20)42-19-26(37)32-22-13-14-24-25(18-22)41-29(30,31)40-24/h5-14,17-18H,3-4,15-16,19H2,1-2H3,(H,32,37). The second kappa shape index (κ2) is 12.7. The molecule has 0 atom stereocenters. The van der Waals surface area contributed by atoms with Gasteiger partial charge in [0.2, 0.25) is 15.9 Å². The van der Waals surface area contributed by atoms with Crippen molar-refractivity contribution in [2.45, 2.75) is 43.2 Å². The minimum atomic E-state index is -3.75. The number of halogens is 2. The van der Waals surface area contributed by atoms with Crippen LogP contribution in [0.25, 0.3) is 11.4 Å². The maximum atomic E-state index is 13.3. The third-order valence-electron chi connectivity index (χ3n) is 6.64. The largest absolute Gasteiger partial charge is 0.586 e. The van der Waals surface area contributed by atoms with Gasteiger partial charge in [-0.25, -0.2) is 8.42 Å². The average Bonchev–Trinajstić information content (AvgIpc) is 3.54. The van der Waals surface area contributed by atoms with Crippen LogP contribution < -0.4 is 14.8 Å². The summed E-state index contributed by atoms with van der Waals surface area (Å²) in [5.41, 5.74) is 1.92. The first-order valence-corrected chi connectivity index (χ1v) is 15.9. The Kier molecular flexibility index (Phi) is 8.99. The van der Waals surface area contributed by atoms with Crippen molar-refractivity contribution in [1.82, 2.24) is 19.1 Å². The molecule has 1 aliphatic heterocycles. The van der Waals surface area contributed by atoms with Crippen LogP contribution in [0.1, 0.15) is 19.4 Å². The van der Waals surface area contributed by atoms with Crippen LogP contribution in [-0.4, -0.2) is 58.5 Å². The van der Waals surface area contributed by atoms with Crippen LogP contribution in [-0.2, 0) is 27.8 Å². The summed E-state index contributed by atoms with van der Waals surface area (Å²) in [6.45, 7) is 4.74. The zero-order chi connectivity index (χ0) is 30.6. The van der Waals surface area contributed by atoms with E-state index in [1.165, 1.54) is 22.5 Å². The molecule has 2 heterocycles. The first kappa shape index (κ1) is 30.4. The van der Waals surface area contributed by atoms with Crippen molar-refractivity contribution >= 4 is 33.4 Å². The lowest BCUT2D eigenvalue weighted by Crippen LogP contribution is -2.30. The molecule has 1 aliphatic rings. The molecule has 226 valence electrons. The molecule has 10 nitrogen and oxygen atoms in total. The highest BCUT2D eigenvalue weighted by Gasteiger charge is 2.43. The number of hydrogen-bond acceptors (Lipinski definition) is 8. The van der Waals surface area contributed by atoms with Crippen molar-refractivity contribution in [1.29, 1.82) is 0 Å². The summed E-state index contributed by atoms with van der Waals surface area (Å²) in [5.74, 6) is -0.282. The van der Waals surface area contributed by atoms with Crippen molar-refractivity contribution in [2.75, 3.05) is 24.2 Å². The monoisotopic (exact) mass is 629 g/mol. The molecule has 0 fully saturated rings. The molecular formula is C29H29F2N5O5S2. The fraction of sp³-hybridized carbons (Fsp3) is 0.276. The molecule has 0 unspecified atom stereocenters. The number of ether oxygens (including phenoxy) is 2. The predicted molar refractivity (Wildman–Crippen MR) is 158 cm³/mol. The molecule has 43 heavy (non-hydrogen) atoms. The third kappa shape index (κ3) is 6.98. The number of aryl methyl sites for hydroxylation is 1. The van der Waals surface area contributed by atoms with E-state index in [1.54, 1.807) is 38.1 Å². The van der Waals surface area contributed by atoms with E-state index >= 15 is 0 Å². The molecule has 14 heteroatoms. The van der Waals surface area contributed by atoms with Crippen LogP contribution in [0.4, 0.5) is 14.5 Å². The van der Waals surface area contributed by atoms with E-state index in [-0.39, 0.29) is 27.8 Å². The average molecular weight is 630 g/mol. The summed E-state index contributed by atoms with van der Waals surface area (Å²) in [6, 6.07) is 20.4. The van der Waals surface area contributed by atoms with Crippen LogP contribution in [0.2, 0.25) is 0 Å². The molecule has 4 aromatic rings. The Morgan fingerprint density at radius 3 is 2.47 bits per heavy atom. The van der Waals surface area contributed by atoms with Gasteiger partial charge < -0.3 is 19.4 Å². The van der Waals surface area contributed by atoms with Crippen LogP contribution >= 0.6 is 11.8 Å². The highest BCUT2D eigenvalue weighted by molar-refractivity contribution is 7.99. The number of anilines is 1. The number of aromatic nitrogens is 3. The zero-order valence-corrected chi connectivity index (χ0v) is 25.0. The zero-order valence-electron chi connectivity index (χ0n) is 23.4. The minimum Gasteiger partial charge on any atom is -0.395 e. The Hall–Kier alpha value is -4.01. The van der Waals surface area contributed by atoms with E-state index < -0.39 is 22.2 Å². The van der Waals surface area contributed by atoms with Gasteiger partial charge in [0.05, 0.1) is 10.6 Å². The van der Waals surface area contributed by atoms with Crippen molar-refractivity contribution in [3.05, 3.63) is 78.4 Å². The molecule has 1 amide bonds. The van der Waals surface area contributed by atoms with E-state index in [1.807, 2.05) is 34.9 Å². The topological polar surface area (TPSA) is 116 Å². The van der Waals surface area contributed by atoms with Gasteiger partial charge in [-0.3, -0.25) is 4.79 Å². The number of hydrogen-bond donors (Lipinski definition) is 1. The van der Waals surface area contributed by atoms with E-state index in [2.05, 4.69) is 25.0 Å². The van der Waals surface area contributed by atoms with Crippen molar-refractivity contribution < 1.29 is 31.5 Å². The number of rotatable bonds is 12. The number of nitrogens with one attached hydrogen (secondary N) is 1. The SMILES string of the molecule is CCN(CC)S(=O)(=O)c1cccc(-c2nnc(SCC(=O)Nc3ccc4c(c3)OC(F)(F)O4)n2CCc2ccccc2)c1. The molecule has 0 aliphatic carbocycles. The Morgan fingerprint density at radius 2 is 1.72 bits per heavy atom. The number of carbonyl (C=O) groups excluding carboxylic acids is 1. The second-order valence-electron chi connectivity index (χ2n) is 9.48. The summed E-state index contributed by atoms with van der Waals surface area (Å²) in [5, 5.41) is 11.8. The van der Waals surface area contributed by atoms with Crippen molar-refractivity contribution in [2.24, 2.45) is 0 Å². The molecule has 0 saturated carbocycles. The van der Waals surface area contributed by atoms with Gasteiger partial charge in [0.15, 0.2) is 22.5 Å². The van der Waals surface area contributed by atoms with Gasteiger partial charge in [-0.2, -0.15) is 4.31 Å². The molecule has 3 aromatic carbocycles. The Bertz CT molecular complexity index is 1710. The number of carbonyl (C=O) groups is 1. The number of thioether (sulfide) groups is 1. The number of fused-ring (bicyclic) bond motifs is 1. The highest BCUT2D eigenvalue weighted by Crippen LogP contribution is 2.42. The normalized spacial score (nSPS) is 13.8. The lowest BCUT2D eigenvalue weighted by atomic mass is 10.1. The minimum absolute atomic E-state index is 0.0511. The van der Waals surface area contributed by atoms with E-state index in [0.29, 0.717) is 42.6 Å². The Morgan fingerprint density at radius 1 is 0.977 bits per heavy atom. The van der Waals surface area contributed by atoms with E-state index in [4.69, 9.17) is 0 Å². The molecule has 0 bridgehead atoms. The second-order valence-corrected chi connectivity index (χ2v) is 12.4. The first-order chi connectivity index (χ1) is 20.6. The molecule has 0 radical (unpaired) electrons. The highest BCUT2D eigenvalue weighted by atomic mass is 32.2. The Labute approximate surface area is 252 Å². The quantitative estimate of drug-likeness (QED) is 0.211. The maximum absolute atomic E-state index is 13.3.